The summed E-state index contributed by atoms with van der Waals surface area (Å²) < 4.78 is 0. The minimum atomic E-state index is -0.847. The number of imidazole rings is 1. The fraction of sp³-hybridized carbons (Fsp3) is 0.400. The summed E-state index contributed by atoms with van der Waals surface area (Å²) in [5, 5.41) is 9.50. The molecule has 2 aromatic heterocycles. The monoisotopic (exact) mass is 286 g/mol. The molecule has 6 nitrogen and oxygen atoms in total. The molecule has 3 heterocycles. The zero-order valence-electron chi connectivity index (χ0n) is 11.9. The lowest BCUT2D eigenvalue weighted by molar-refractivity contribution is -0.144. The average molecular weight is 286 g/mol. The van der Waals surface area contributed by atoms with Crippen molar-refractivity contribution in [2.75, 3.05) is 13.1 Å². The molecule has 1 unspecified atom stereocenters. The number of nitrogens with zero attached hydrogens (tertiary/aromatic N) is 3. The topological polar surface area (TPSA) is 82.1 Å². The van der Waals surface area contributed by atoms with Gasteiger partial charge in [0.05, 0.1) is 12.0 Å². The van der Waals surface area contributed by atoms with Crippen LogP contribution in [0, 0.1) is 6.92 Å². The maximum Gasteiger partial charge on any atom is 0.327 e. The van der Waals surface area contributed by atoms with Crippen LogP contribution in [0.3, 0.4) is 0 Å². The summed E-state index contributed by atoms with van der Waals surface area (Å²) in [6.45, 7) is 3.35. The summed E-state index contributed by atoms with van der Waals surface area (Å²) in [6.07, 6.45) is 3.12. The molecule has 2 N–H and O–H groups in total. The van der Waals surface area contributed by atoms with Crippen LogP contribution in [0.2, 0.25) is 0 Å². The van der Waals surface area contributed by atoms with E-state index in [9.17, 15) is 9.90 Å². The molecule has 2 aromatic rings. The number of aliphatic carboxylic acids is 1. The Bertz CT molecular complexity index is 653. The number of aryl methyl sites for hydroxylation is 1. The highest BCUT2D eigenvalue weighted by Gasteiger charge is 2.34. The van der Waals surface area contributed by atoms with Gasteiger partial charge in [0.2, 0.25) is 0 Å². The van der Waals surface area contributed by atoms with E-state index in [0.717, 1.165) is 36.5 Å². The summed E-state index contributed by atoms with van der Waals surface area (Å²) in [6, 6.07) is 5.26. The second-order valence-electron chi connectivity index (χ2n) is 5.31. The molecule has 0 saturated carbocycles. The summed E-state index contributed by atoms with van der Waals surface area (Å²) in [7, 11) is 0. The summed E-state index contributed by atoms with van der Waals surface area (Å²) in [4.78, 5) is 25.2. The van der Waals surface area contributed by atoms with E-state index in [1.165, 1.54) is 0 Å². The fourth-order valence-electron chi connectivity index (χ4n) is 2.84. The van der Waals surface area contributed by atoms with Gasteiger partial charge in [-0.1, -0.05) is 6.07 Å². The molecule has 3 rings (SSSR count). The van der Waals surface area contributed by atoms with Crippen LogP contribution in [0.15, 0.2) is 24.5 Å². The van der Waals surface area contributed by atoms with Crippen molar-refractivity contribution in [3.63, 3.8) is 0 Å². The molecule has 0 bridgehead atoms. The zero-order valence-corrected chi connectivity index (χ0v) is 11.9. The van der Waals surface area contributed by atoms with Gasteiger partial charge in [-0.15, -0.1) is 0 Å². The lowest BCUT2D eigenvalue weighted by Crippen LogP contribution is -2.41. The Kier molecular flexibility index (Phi) is 3.70. The Morgan fingerprint density at radius 2 is 2.38 bits per heavy atom. The maximum absolute atomic E-state index is 11.6. The van der Waals surface area contributed by atoms with Gasteiger partial charge < -0.3 is 10.1 Å². The zero-order chi connectivity index (χ0) is 14.8. The number of aromatic amines is 1. The molecular formula is C15H18N4O2. The van der Waals surface area contributed by atoms with E-state index >= 15 is 0 Å². The number of carboxylic acid groups (broad SMARTS) is 1. The predicted molar refractivity (Wildman–Crippen MR) is 76.9 cm³/mol. The number of pyridine rings is 1. The van der Waals surface area contributed by atoms with Gasteiger partial charge in [-0.05, 0) is 19.1 Å². The fourth-order valence-corrected chi connectivity index (χ4v) is 2.84. The molecule has 21 heavy (non-hydrogen) atoms. The number of carbonyl (C=O) groups is 1. The number of carboxylic acids is 1. The molecule has 0 spiro atoms. The molecule has 0 radical (unpaired) electrons. The molecule has 1 aliphatic rings. The van der Waals surface area contributed by atoms with Crippen molar-refractivity contribution in [3.8, 4) is 0 Å². The number of fused-ring (bicyclic) bond motifs is 1. The normalized spacial score (nSPS) is 18.4. The molecule has 110 valence electrons. The van der Waals surface area contributed by atoms with Crippen LogP contribution < -0.4 is 0 Å². The highest BCUT2D eigenvalue weighted by molar-refractivity contribution is 5.75. The first-order chi connectivity index (χ1) is 10.1. The van der Waals surface area contributed by atoms with Crippen LogP contribution in [0.5, 0.6) is 0 Å². The molecule has 0 aliphatic carbocycles. The number of rotatable bonds is 4. The van der Waals surface area contributed by atoms with E-state index < -0.39 is 12.0 Å². The highest BCUT2D eigenvalue weighted by atomic mass is 16.4. The molecule has 1 aliphatic heterocycles. The minimum Gasteiger partial charge on any atom is -0.480 e. The van der Waals surface area contributed by atoms with Gasteiger partial charge in [0.1, 0.15) is 0 Å². The molecule has 0 saturated heterocycles. The first-order valence-corrected chi connectivity index (χ1v) is 7.06. The van der Waals surface area contributed by atoms with Crippen molar-refractivity contribution >= 4 is 5.97 Å². The first-order valence-electron chi connectivity index (χ1n) is 7.06. The molecule has 0 fully saturated rings. The van der Waals surface area contributed by atoms with Crippen LogP contribution in [0.25, 0.3) is 0 Å². The van der Waals surface area contributed by atoms with E-state index in [1.54, 1.807) is 6.33 Å². The average Bonchev–Trinajstić information content (AvgIpc) is 2.92. The SMILES string of the molecule is Cc1cccc(CCN2CCc3[nH]cnc3C2C(=O)O)n1. The van der Waals surface area contributed by atoms with E-state index in [1.807, 2.05) is 30.0 Å². The van der Waals surface area contributed by atoms with Crippen molar-refractivity contribution in [1.29, 1.82) is 0 Å². The van der Waals surface area contributed by atoms with Crippen LogP contribution >= 0.6 is 0 Å². The van der Waals surface area contributed by atoms with Gasteiger partial charge in [-0.2, -0.15) is 0 Å². The van der Waals surface area contributed by atoms with Crippen molar-refractivity contribution in [1.82, 2.24) is 19.9 Å². The second-order valence-corrected chi connectivity index (χ2v) is 5.31. The number of H-pyrrole nitrogens is 1. The van der Waals surface area contributed by atoms with Crippen LogP contribution in [0.4, 0.5) is 0 Å². The van der Waals surface area contributed by atoms with Crippen molar-refractivity contribution in [2.45, 2.75) is 25.8 Å². The van der Waals surface area contributed by atoms with Crippen molar-refractivity contribution < 1.29 is 9.90 Å². The summed E-state index contributed by atoms with van der Waals surface area (Å²) >= 11 is 0. The Hall–Kier alpha value is -2.21. The predicted octanol–water partition coefficient (Wildman–Crippen LogP) is 1.34. The molecule has 0 aromatic carbocycles. The number of nitrogens with one attached hydrogen (secondary N) is 1. The standard InChI is InChI=1S/C15H18N4O2/c1-10-3-2-4-11(18-10)5-7-19-8-6-12-13(17-9-16-12)14(19)15(20)21/h2-4,9,14H,5-8H2,1H3,(H,16,17)(H,20,21). The smallest absolute Gasteiger partial charge is 0.327 e. The van der Waals surface area contributed by atoms with Crippen LogP contribution in [-0.4, -0.2) is 44.0 Å². The highest BCUT2D eigenvalue weighted by Crippen LogP contribution is 2.27. The van der Waals surface area contributed by atoms with E-state index in [-0.39, 0.29) is 0 Å². The number of hydrogen-bond acceptors (Lipinski definition) is 4. The van der Waals surface area contributed by atoms with Gasteiger partial charge in [0.15, 0.2) is 6.04 Å². The Balaban J connectivity index is 1.74. The van der Waals surface area contributed by atoms with Crippen molar-refractivity contribution in [3.05, 3.63) is 47.3 Å². The van der Waals surface area contributed by atoms with Gasteiger partial charge >= 0.3 is 5.97 Å². The van der Waals surface area contributed by atoms with Crippen LogP contribution in [-0.2, 0) is 17.6 Å². The quantitative estimate of drug-likeness (QED) is 0.886. The third-order valence-electron chi connectivity index (χ3n) is 3.86. The van der Waals surface area contributed by atoms with E-state index in [4.69, 9.17) is 0 Å². The molecule has 6 heteroatoms. The van der Waals surface area contributed by atoms with E-state index in [2.05, 4.69) is 15.0 Å². The number of hydrogen-bond donors (Lipinski definition) is 2. The first kappa shape index (κ1) is 13.8. The lowest BCUT2D eigenvalue weighted by Gasteiger charge is -2.31. The lowest BCUT2D eigenvalue weighted by atomic mass is 10.0. The molecule has 1 atom stereocenters. The van der Waals surface area contributed by atoms with Gasteiger partial charge in [-0.25, -0.2) is 4.98 Å². The summed E-state index contributed by atoms with van der Waals surface area (Å²) in [5.74, 6) is -0.847. The largest absolute Gasteiger partial charge is 0.480 e. The van der Waals surface area contributed by atoms with Crippen molar-refractivity contribution in [2.24, 2.45) is 0 Å². The van der Waals surface area contributed by atoms with Gasteiger partial charge in [0.25, 0.3) is 0 Å². The third kappa shape index (κ3) is 2.80. The molecular weight excluding hydrogens is 268 g/mol. The molecule has 0 amide bonds. The third-order valence-corrected chi connectivity index (χ3v) is 3.86. The Morgan fingerprint density at radius 3 is 3.14 bits per heavy atom. The van der Waals surface area contributed by atoms with Crippen LogP contribution in [0.1, 0.15) is 28.8 Å². The van der Waals surface area contributed by atoms with E-state index in [0.29, 0.717) is 12.2 Å². The Labute approximate surface area is 122 Å². The van der Waals surface area contributed by atoms with Gasteiger partial charge in [0, 0.05) is 43.0 Å². The second kappa shape index (κ2) is 5.65. The number of aromatic nitrogens is 3. The minimum absolute atomic E-state index is 0.644. The maximum atomic E-state index is 11.6. The van der Waals surface area contributed by atoms with Gasteiger partial charge in [-0.3, -0.25) is 14.7 Å². The summed E-state index contributed by atoms with van der Waals surface area (Å²) in [5.41, 5.74) is 3.56. The Morgan fingerprint density at radius 1 is 1.52 bits per heavy atom.